The number of hydrogen-bond donors (Lipinski definition) is 0. The maximum absolute atomic E-state index is 3.76. The van der Waals surface area contributed by atoms with Crippen LogP contribution in [0.5, 0.6) is 0 Å². The molecule has 0 fully saturated rings. The van der Waals surface area contributed by atoms with Crippen molar-refractivity contribution in [3.63, 3.8) is 0 Å². The predicted octanol–water partition coefficient (Wildman–Crippen LogP) is 1.71. The van der Waals surface area contributed by atoms with Gasteiger partial charge in [0.25, 0.3) is 0 Å². The molecule has 0 atom stereocenters. The Kier molecular flexibility index (Phi) is 1.22. The third kappa shape index (κ3) is 0.786. The highest BCUT2D eigenvalue weighted by Gasteiger charge is 1.80. The highest BCUT2D eigenvalue weighted by molar-refractivity contribution is 9.10. The number of rotatable bonds is 0. The Morgan fingerprint density at radius 2 is 2.83 bits per heavy atom. The summed E-state index contributed by atoms with van der Waals surface area (Å²) in [6.45, 7) is 0. The van der Waals surface area contributed by atoms with Crippen LogP contribution in [0.3, 0.4) is 0 Å². The van der Waals surface area contributed by atoms with Crippen LogP contribution in [-0.2, 0) is 0 Å². The summed E-state index contributed by atoms with van der Waals surface area (Å²) in [5.74, 6) is 0. The Morgan fingerprint density at radius 1 is 2.00 bits per heavy atom. The van der Waals surface area contributed by atoms with Gasteiger partial charge in [-0.15, -0.1) is 0 Å². The zero-order valence-corrected chi connectivity index (χ0v) is 5.21. The average molecular weight is 163 g/mol. The molecular weight excluding hydrogens is 162 g/mol. The second-order valence-electron chi connectivity index (χ2n) is 0.776. The molecule has 0 spiro atoms. The summed E-state index contributed by atoms with van der Waals surface area (Å²) in [4.78, 5) is 0. The van der Waals surface area contributed by atoms with E-state index in [1.54, 1.807) is 6.20 Å². The molecule has 0 aromatic carbocycles. The maximum Gasteiger partial charge on any atom is 0.0819 e. The third-order valence-electron chi connectivity index (χ3n) is 0.362. The molecule has 31 valence electrons. The van der Waals surface area contributed by atoms with Gasteiger partial charge in [-0.2, -0.15) is 4.37 Å². The molecule has 1 heterocycles. The Morgan fingerprint density at radius 3 is 3.00 bits per heavy atom. The smallest absolute Gasteiger partial charge is 0.0819 e. The second-order valence-corrected chi connectivity index (χ2v) is 2.23. The summed E-state index contributed by atoms with van der Waals surface area (Å²) in [6, 6.07) is 0. The molecule has 0 N–H and O–H groups in total. The van der Waals surface area contributed by atoms with Crippen molar-refractivity contribution in [2.75, 3.05) is 0 Å². The molecule has 1 radical (unpaired) electrons. The Balaban J connectivity index is 3.05. The lowest BCUT2D eigenvalue weighted by Gasteiger charge is -1.58. The lowest BCUT2D eigenvalue weighted by Crippen LogP contribution is -1.41. The summed E-state index contributed by atoms with van der Waals surface area (Å²) < 4.78 is 4.70. The lowest BCUT2D eigenvalue weighted by molar-refractivity contribution is 1.56. The first-order chi connectivity index (χ1) is 2.89. The van der Waals surface area contributed by atoms with Gasteiger partial charge in [-0.3, -0.25) is 0 Å². The van der Waals surface area contributed by atoms with Crippen LogP contribution >= 0.6 is 27.5 Å². The monoisotopic (exact) mass is 162 g/mol. The number of nitrogens with zero attached hydrogens (tertiary/aromatic N) is 1. The van der Waals surface area contributed by atoms with Gasteiger partial charge in [-0.05, 0) is 27.5 Å². The fraction of sp³-hybridized carbons (Fsp3) is 0. The summed E-state index contributed by atoms with van der Waals surface area (Å²) in [5.41, 5.74) is 0. The van der Waals surface area contributed by atoms with Gasteiger partial charge < -0.3 is 0 Å². The van der Waals surface area contributed by atoms with Crippen molar-refractivity contribution in [2.24, 2.45) is 0 Å². The van der Waals surface area contributed by atoms with E-state index in [9.17, 15) is 0 Å². The normalized spacial score (nSPS) is 8.83. The van der Waals surface area contributed by atoms with Gasteiger partial charge >= 0.3 is 0 Å². The van der Waals surface area contributed by atoms with Crippen LogP contribution in [0.25, 0.3) is 0 Å². The standard InChI is InChI=1S/C3HBrNS/c4-3-1-5-6-2-3/h1H. The zero-order chi connectivity index (χ0) is 4.41. The minimum Gasteiger partial charge on any atom is -0.199 e. The van der Waals surface area contributed by atoms with E-state index in [1.165, 1.54) is 11.5 Å². The van der Waals surface area contributed by atoms with E-state index in [2.05, 4.69) is 25.7 Å². The zero-order valence-electron chi connectivity index (χ0n) is 2.81. The topological polar surface area (TPSA) is 12.9 Å². The van der Waals surface area contributed by atoms with Gasteiger partial charge in [0.15, 0.2) is 0 Å². The van der Waals surface area contributed by atoms with Crippen molar-refractivity contribution in [3.05, 3.63) is 16.0 Å². The van der Waals surface area contributed by atoms with Crippen molar-refractivity contribution in [2.45, 2.75) is 0 Å². The van der Waals surface area contributed by atoms with Gasteiger partial charge in [-0.1, -0.05) is 0 Å². The summed E-state index contributed by atoms with van der Waals surface area (Å²) >= 11 is 4.49. The van der Waals surface area contributed by atoms with E-state index in [0.29, 0.717) is 0 Å². The molecule has 1 aromatic heterocycles. The first-order valence-electron chi connectivity index (χ1n) is 1.37. The number of aromatic nitrogens is 1. The molecular formula is C3HBrNS. The Hall–Kier alpha value is 0.110. The van der Waals surface area contributed by atoms with E-state index < -0.39 is 0 Å². The quantitative estimate of drug-likeness (QED) is 0.567. The molecule has 0 amide bonds. The van der Waals surface area contributed by atoms with Gasteiger partial charge in [-0.25, -0.2) is 0 Å². The fourth-order valence-electron chi connectivity index (χ4n) is 0.169. The minimum atomic E-state index is 0.938. The summed E-state index contributed by atoms with van der Waals surface area (Å²) in [5, 5.41) is 2.85. The highest BCUT2D eigenvalue weighted by atomic mass is 79.9. The van der Waals surface area contributed by atoms with Crippen LogP contribution in [0.15, 0.2) is 10.7 Å². The van der Waals surface area contributed by atoms with Crippen molar-refractivity contribution >= 4 is 27.5 Å². The molecule has 0 bridgehead atoms. The fourth-order valence-corrected chi connectivity index (χ4v) is 0.975. The van der Waals surface area contributed by atoms with E-state index in [4.69, 9.17) is 0 Å². The largest absolute Gasteiger partial charge is 0.199 e. The van der Waals surface area contributed by atoms with Crippen LogP contribution in [0, 0.1) is 5.38 Å². The van der Waals surface area contributed by atoms with Crippen LogP contribution in [-0.4, -0.2) is 4.37 Å². The molecule has 1 rings (SSSR count). The maximum atomic E-state index is 3.76. The first-order valence-corrected chi connectivity index (χ1v) is 2.94. The summed E-state index contributed by atoms with van der Waals surface area (Å²) in [7, 11) is 0. The third-order valence-corrected chi connectivity index (χ3v) is 1.55. The van der Waals surface area contributed by atoms with Crippen molar-refractivity contribution < 1.29 is 0 Å². The predicted molar refractivity (Wildman–Crippen MR) is 28.7 cm³/mol. The first kappa shape index (κ1) is 4.27. The minimum absolute atomic E-state index is 0.938. The van der Waals surface area contributed by atoms with Crippen molar-refractivity contribution in [1.82, 2.24) is 4.37 Å². The second kappa shape index (κ2) is 1.71. The molecule has 0 aliphatic carbocycles. The molecule has 3 heteroatoms. The van der Waals surface area contributed by atoms with Gasteiger partial charge in [0.1, 0.15) is 0 Å². The molecule has 1 nitrogen and oxygen atoms in total. The Bertz CT molecular complexity index is 114. The molecule has 0 saturated heterocycles. The van der Waals surface area contributed by atoms with Crippen molar-refractivity contribution in [3.8, 4) is 0 Å². The molecule has 0 aliphatic rings. The highest BCUT2D eigenvalue weighted by Crippen LogP contribution is 2.06. The SMILES string of the molecule is Brc1[c]snc1. The molecule has 0 aliphatic heterocycles. The van der Waals surface area contributed by atoms with Crippen molar-refractivity contribution in [1.29, 1.82) is 0 Å². The molecule has 1 aromatic rings. The van der Waals surface area contributed by atoms with E-state index in [-0.39, 0.29) is 0 Å². The van der Waals surface area contributed by atoms with Gasteiger partial charge in [0, 0.05) is 0 Å². The van der Waals surface area contributed by atoms with Crippen LogP contribution in [0.2, 0.25) is 0 Å². The average Bonchev–Trinajstić information content (AvgIpc) is 1.86. The molecule has 0 unspecified atom stereocenters. The van der Waals surface area contributed by atoms with Gasteiger partial charge in [0.2, 0.25) is 0 Å². The van der Waals surface area contributed by atoms with Crippen LogP contribution in [0.4, 0.5) is 0 Å². The number of hydrogen-bond acceptors (Lipinski definition) is 2. The lowest BCUT2D eigenvalue weighted by atomic mass is 10.8. The van der Waals surface area contributed by atoms with Crippen LogP contribution < -0.4 is 0 Å². The van der Waals surface area contributed by atoms with E-state index in [0.717, 1.165) is 4.47 Å². The molecule has 6 heavy (non-hydrogen) atoms. The number of halogens is 1. The van der Waals surface area contributed by atoms with Crippen LogP contribution in [0.1, 0.15) is 0 Å². The van der Waals surface area contributed by atoms with Gasteiger partial charge in [0.05, 0.1) is 16.0 Å². The summed E-state index contributed by atoms with van der Waals surface area (Å²) in [6.07, 6.45) is 1.71. The molecule has 0 saturated carbocycles. The van der Waals surface area contributed by atoms with E-state index >= 15 is 0 Å². The van der Waals surface area contributed by atoms with E-state index in [1.807, 2.05) is 0 Å². The Labute approximate surface area is 48.3 Å².